The van der Waals surface area contributed by atoms with E-state index >= 15 is 0 Å². The van der Waals surface area contributed by atoms with Crippen molar-refractivity contribution in [3.05, 3.63) is 35.4 Å². The van der Waals surface area contributed by atoms with Crippen LogP contribution in [0.5, 0.6) is 0 Å². The van der Waals surface area contributed by atoms with Gasteiger partial charge in [0.05, 0.1) is 11.6 Å². The van der Waals surface area contributed by atoms with Gasteiger partial charge in [-0.2, -0.15) is 5.26 Å². The monoisotopic (exact) mass is 243 g/mol. The molecule has 0 bridgehead atoms. The van der Waals surface area contributed by atoms with Crippen LogP contribution in [0.2, 0.25) is 0 Å². The van der Waals surface area contributed by atoms with Gasteiger partial charge in [-0.1, -0.05) is 12.1 Å². The molecule has 3 unspecified atom stereocenters. The van der Waals surface area contributed by atoms with Gasteiger partial charge in [0.15, 0.2) is 0 Å². The smallest absolute Gasteiger partial charge is 0.0991 e. The summed E-state index contributed by atoms with van der Waals surface area (Å²) in [6, 6.07) is 11.3. The molecule has 0 saturated carbocycles. The summed E-state index contributed by atoms with van der Waals surface area (Å²) >= 11 is 0. The summed E-state index contributed by atoms with van der Waals surface area (Å²) in [6.45, 7) is 5.54. The molecule has 1 heterocycles. The van der Waals surface area contributed by atoms with Crippen molar-refractivity contribution in [2.45, 2.75) is 44.8 Å². The molecule has 1 aliphatic heterocycles. The van der Waals surface area contributed by atoms with Gasteiger partial charge < -0.3 is 5.73 Å². The van der Waals surface area contributed by atoms with Crippen LogP contribution < -0.4 is 5.73 Å². The third-order valence-electron chi connectivity index (χ3n) is 3.99. The maximum atomic E-state index is 8.81. The molecule has 2 rings (SSSR count). The lowest BCUT2D eigenvalue weighted by Crippen LogP contribution is -2.46. The van der Waals surface area contributed by atoms with E-state index in [1.807, 2.05) is 12.1 Å². The Morgan fingerprint density at radius 3 is 2.61 bits per heavy atom. The van der Waals surface area contributed by atoms with E-state index in [2.05, 4.69) is 36.9 Å². The van der Waals surface area contributed by atoms with E-state index in [4.69, 9.17) is 11.0 Å². The highest BCUT2D eigenvalue weighted by Crippen LogP contribution is 2.27. The van der Waals surface area contributed by atoms with Crippen LogP contribution >= 0.6 is 0 Å². The van der Waals surface area contributed by atoms with E-state index in [0.717, 1.165) is 24.9 Å². The topological polar surface area (TPSA) is 53.0 Å². The molecule has 0 amide bonds. The van der Waals surface area contributed by atoms with Crippen molar-refractivity contribution >= 4 is 0 Å². The Hall–Kier alpha value is -1.37. The van der Waals surface area contributed by atoms with Gasteiger partial charge in [0.1, 0.15) is 0 Å². The number of likely N-dealkylation sites (tertiary alicyclic amines) is 1. The lowest BCUT2D eigenvalue weighted by Gasteiger charge is -2.40. The standard InChI is InChI=1S/C15H21N3/c1-11-9-15(17)7-8-18(11)12(2)14-5-3-13(10-16)4-6-14/h3-6,11-12,15H,7-9,17H2,1-2H3. The van der Waals surface area contributed by atoms with Crippen LogP contribution in [-0.4, -0.2) is 23.5 Å². The fourth-order valence-corrected chi connectivity index (χ4v) is 2.83. The van der Waals surface area contributed by atoms with Gasteiger partial charge in [-0.25, -0.2) is 0 Å². The molecule has 3 heteroatoms. The third-order valence-corrected chi connectivity index (χ3v) is 3.99. The van der Waals surface area contributed by atoms with Gasteiger partial charge >= 0.3 is 0 Å². The molecule has 0 aromatic heterocycles. The average Bonchev–Trinajstić information content (AvgIpc) is 2.38. The van der Waals surface area contributed by atoms with Gasteiger partial charge in [0.25, 0.3) is 0 Å². The first kappa shape index (κ1) is 13.1. The van der Waals surface area contributed by atoms with E-state index in [1.165, 1.54) is 5.56 Å². The predicted molar refractivity (Wildman–Crippen MR) is 72.9 cm³/mol. The van der Waals surface area contributed by atoms with Gasteiger partial charge in [0, 0.05) is 24.7 Å². The number of nitrogens with two attached hydrogens (primary N) is 1. The van der Waals surface area contributed by atoms with Crippen LogP contribution in [0.15, 0.2) is 24.3 Å². The summed E-state index contributed by atoms with van der Waals surface area (Å²) in [5, 5.41) is 8.81. The predicted octanol–water partition coefficient (Wildman–Crippen LogP) is 2.43. The third kappa shape index (κ3) is 2.72. The first-order valence-corrected chi connectivity index (χ1v) is 6.63. The minimum Gasteiger partial charge on any atom is -0.328 e. The van der Waals surface area contributed by atoms with E-state index in [1.54, 1.807) is 0 Å². The van der Waals surface area contributed by atoms with Gasteiger partial charge in [-0.3, -0.25) is 4.90 Å². The van der Waals surface area contributed by atoms with Crippen molar-refractivity contribution in [2.75, 3.05) is 6.54 Å². The Bertz CT molecular complexity index is 432. The molecule has 18 heavy (non-hydrogen) atoms. The molecule has 3 nitrogen and oxygen atoms in total. The average molecular weight is 243 g/mol. The molecule has 96 valence electrons. The second-order valence-electron chi connectivity index (χ2n) is 5.28. The Kier molecular flexibility index (Phi) is 4.00. The molecule has 1 fully saturated rings. The lowest BCUT2D eigenvalue weighted by molar-refractivity contribution is 0.104. The van der Waals surface area contributed by atoms with Crippen LogP contribution in [-0.2, 0) is 0 Å². The normalized spacial score (nSPS) is 26.6. The van der Waals surface area contributed by atoms with Crippen molar-refractivity contribution in [3.63, 3.8) is 0 Å². The zero-order valence-electron chi connectivity index (χ0n) is 11.1. The van der Waals surface area contributed by atoms with E-state index in [-0.39, 0.29) is 0 Å². The molecule has 0 spiro atoms. The van der Waals surface area contributed by atoms with Crippen molar-refractivity contribution < 1.29 is 0 Å². The second kappa shape index (κ2) is 5.51. The Morgan fingerprint density at radius 1 is 1.39 bits per heavy atom. The van der Waals surface area contributed by atoms with Gasteiger partial charge in [0.2, 0.25) is 0 Å². The summed E-state index contributed by atoms with van der Waals surface area (Å²) in [6.07, 6.45) is 2.14. The highest BCUT2D eigenvalue weighted by molar-refractivity contribution is 5.32. The summed E-state index contributed by atoms with van der Waals surface area (Å²) in [5.74, 6) is 0. The minimum absolute atomic E-state index is 0.351. The molecule has 1 aliphatic rings. The number of benzene rings is 1. The fourth-order valence-electron chi connectivity index (χ4n) is 2.83. The molecule has 2 N–H and O–H groups in total. The Balaban J connectivity index is 2.10. The number of rotatable bonds is 2. The number of nitriles is 1. The summed E-state index contributed by atoms with van der Waals surface area (Å²) < 4.78 is 0. The maximum Gasteiger partial charge on any atom is 0.0991 e. The van der Waals surface area contributed by atoms with Crippen molar-refractivity contribution in [1.29, 1.82) is 5.26 Å². The first-order chi connectivity index (χ1) is 8.61. The molecule has 1 aromatic rings. The van der Waals surface area contributed by atoms with E-state index in [9.17, 15) is 0 Å². The van der Waals surface area contributed by atoms with Crippen molar-refractivity contribution in [3.8, 4) is 6.07 Å². The van der Waals surface area contributed by atoms with Gasteiger partial charge in [-0.05, 0) is 44.4 Å². The highest BCUT2D eigenvalue weighted by Gasteiger charge is 2.27. The second-order valence-corrected chi connectivity index (χ2v) is 5.28. The van der Waals surface area contributed by atoms with Crippen LogP contribution in [0, 0.1) is 11.3 Å². The summed E-state index contributed by atoms with van der Waals surface area (Å²) in [7, 11) is 0. The van der Waals surface area contributed by atoms with Crippen LogP contribution in [0.1, 0.15) is 43.9 Å². The highest BCUT2D eigenvalue weighted by atomic mass is 15.2. The molecule has 1 saturated heterocycles. The Labute approximate surface area is 109 Å². The lowest BCUT2D eigenvalue weighted by atomic mass is 9.95. The van der Waals surface area contributed by atoms with Gasteiger partial charge in [-0.15, -0.1) is 0 Å². The minimum atomic E-state index is 0.351. The van der Waals surface area contributed by atoms with Crippen LogP contribution in [0.4, 0.5) is 0 Å². The molecular formula is C15H21N3. The van der Waals surface area contributed by atoms with Crippen LogP contribution in [0.25, 0.3) is 0 Å². The number of nitrogens with zero attached hydrogens (tertiary/aromatic N) is 2. The molecule has 1 aromatic carbocycles. The number of piperidine rings is 1. The molecular weight excluding hydrogens is 222 g/mol. The summed E-state index contributed by atoms with van der Waals surface area (Å²) in [4.78, 5) is 2.50. The SMILES string of the molecule is CC1CC(N)CCN1C(C)c1ccc(C#N)cc1. The maximum absolute atomic E-state index is 8.81. The summed E-state index contributed by atoms with van der Waals surface area (Å²) in [5.41, 5.74) is 8.00. The molecule has 3 atom stereocenters. The molecule has 0 aliphatic carbocycles. The fraction of sp³-hybridized carbons (Fsp3) is 0.533. The Morgan fingerprint density at radius 2 is 2.06 bits per heavy atom. The van der Waals surface area contributed by atoms with Crippen LogP contribution in [0.3, 0.4) is 0 Å². The first-order valence-electron chi connectivity index (χ1n) is 6.63. The van der Waals surface area contributed by atoms with Crippen molar-refractivity contribution in [2.24, 2.45) is 5.73 Å². The van der Waals surface area contributed by atoms with E-state index in [0.29, 0.717) is 18.1 Å². The number of hydrogen-bond donors (Lipinski definition) is 1. The largest absolute Gasteiger partial charge is 0.328 e. The molecule has 0 radical (unpaired) electrons. The van der Waals surface area contributed by atoms with E-state index < -0.39 is 0 Å². The zero-order valence-corrected chi connectivity index (χ0v) is 11.1. The zero-order chi connectivity index (χ0) is 13.1. The quantitative estimate of drug-likeness (QED) is 0.868. The number of hydrogen-bond acceptors (Lipinski definition) is 3. The van der Waals surface area contributed by atoms with Crippen molar-refractivity contribution in [1.82, 2.24) is 4.90 Å².